The lowest BCUT2D eigenvalue weighted by molar-refractivity contribution is 0.595. The number of anilines is 2. The number of halogens is 1. The van der Waals surface area contributed by atoms with Crippen molar-refractivity contribution in [3.63, 3.8) is 0 Å². The lowest BCUT2D eigenvalue weighted by Gasteiger charge is -2.12. The molecule has 102 valence electrons. The number of hydrogen-bond acceptors (Lipinski definition) is 5. The van der Waals surface area contributed by atoms with Crippen LogP contribution in [0, 0.1) is 6.92 Å². The summed E-state index contributed by atoms with van der Waals surface area (Å²) in [6.07, 6.45) is 0.847. The van der Waals surface area contributed by atoms with E-state index in [1.807, 2.05) is 0 Å². The van der Waals surface area contributed by atoms with Crippen LogP contribution in [0.25, 0.3) is 0 Å². The highest BCUT2D eigenvalue weighted by Gasteiger charge is 2.20. The summed E-state index contributed by atoms with van der Waals surface area (Å²) in [4.78, 5) is 0. The molecule has 6 nitrogen and oxygen atoms in total. The van der Waals surface area contributed by atoms with E-state index in [2.05, 4.69) is 20.7 Å². The smallest absolute Gasteiger partial charge is 0.247 e. The van der Waals surface area contributed by atoms with Gasteiger partial charge in [0.15, 0.2) is 14.9 Å². The SMILES string of the molecule is Cc1cc(N)c(NS(=O)(=O)CS(C)(=O)=O)c(Br)c1. The van der Waals surface area contributed by atoms with Gasteiger partial charge in [0.25, 0.3) is 0 Å². The number of rotatable bonds is 4. The lowest BCUT2D eigenvalue weighted by atomic mass is 10.2. The van der Waals surface area contributed by atoms with Gasteiger partial charge < -0.3 is 5.73 Å². The molecule has 0 radical (unpaired) electrons. The Morgan fingerprint density at radius 1 is 1.28 bits per heavy atom. The van der Waals surface area contributed by atoms with Gasteiger partial charge in [-0.1, -0.05) is 0 Å². The number of sulfonamides is 1. The Morgan fingerprint density at radius 2 is 1.83 bits per heavy atom. The topological polar surface area (TPSA) is 106 Å². The molecule has 0 bridgehead atoms. The molecule has 0 aliphatic carbocycles. The molecule has 0 amide bonds. The first-order valence-electron chi connectivity index (χ1n) is 4.74. The lowest BCUT2D eigenvalue weighted by Crippen LogP contribution is -2.23. The summed E-state index contributed by atoms with van der Waals surface area (Å²) in [5.41, 5.74) is 6.90. The number of nitrogens with two attached hydrogens (primary N) is 1. The summed E-state index contributed by atoms with van der Waals surface area (Å²) in [5, 5.41) is -0.986. The summed E-state index contributed by atoms with van der Waals surface area (Å²) in [5.74, 6) is 0. The van der Waals surface area contributed by atoms with Crippen molar-refractivity contribution < 1.29 is 16.8 Å². The largest absolute Gasteiger partial charge is 0.397 e. The van der Waals surface area contributed by atoms with Crippen LogP contribution < -0.4 is 10.5 Å². The van der Waals surface area contributed by atoms with Crippen molar-refractivity contribution in [2.45, 2.75) is 6.92 Å². The van der Waals surface area contributed by atoms with E-state index in [0.29, 0.717) is 4.47 Å². The average Bonchev–Trinajstić information content (AvgIpc) is 2.07. The Labute approximate surface area is 115 Å². The van der Waals surface area contributed by atoms with E-state index < -0.39 is 24.9 Å². The summed E-state index contributed by atoms with van der Waals surface area (Å²) in [6.45, 7) is 1.80. The third-order valence-corrected chi connectivity index (χ3v) is 5.99. The predicted molar refractivity (Wildman–Crippen MR) is 75.5 cm³/mol. The van der Waals surface area contributed by atoms with Gasteiger partial charge in [0, 0.05) is 10.7 Å². The minimum absolute atomic E-state index is 0.143. The second-order valence-electron chi connectivity index (χ2n) is 3.97. The monoisotopic (exact) mass is 356 g/mol. The van der Waals surface area contributed by atoms with E-state index in [1.165, 1.54) is 0 Å². The van der Waals surface area contributed by atoms with E-state index >= 15 is 0 Å². The van der Waals surface area contributed by atoms with Crippen molar-refractivity contribution in [2.75, 3.05) is 21.8 Å². The van der Waals surface area contributed by atoms with E-state index in [9.17, 15) is 16.8 Å². The van der Waals surface area contributed by atoms with Gasteiger partial charge >= 0.3 is 0 Å². The molecule has 0 fully saturated rings. The van der Waals surface area contributed by atoms with Gasteiger partial charge in [0.1, 0.15) is 0 Å². The molecule has 0 atom stereocenters. The third kappa shape index (κ3) is 4.46. The van der Waals surface area contributed by atoms with Crippen LogP contribution in [-0.4, -0.2) is 28.2 Å². The second-order valence-corrected chi connectivity index (χ2v) is 9.05. The number of aryl methyl sites for hydroxylation is 1. The zero-order valence-electron chi connectivity index (χ0n) is 9.77. The Morgan fingerprint density at radius 3 is 2.28 bits per heavy atom. The molecule has 1 aromatic rings. The van der Waals surface area contributed by atoms with Gasteiger partial charge in [-0.25, -0.2) is 16.8 Å². The third-order valence-electron chi connectivity index (χ3n) is 1.89. The van der Waals surface area contributed by atoms with Gasteiger partial charge in [-0.05, 0) is 40.5 Å². The van der Waals surface area contributed by atoms with Gasteiger partial charge in [-0.2, -0.15) is 0 Å². The number of nitrogen functional groups attached to an aromatic ring is 1. The van der Waals surface area contributed by atoms with Crippen molar-refractivity contribution in [2.24, 2.45) is 0 Å². The highest BCUT2D eigenvalue weighted by atomic mass is 79.9. The summed E-state index contributed by atoms with van der Waals surface area (Å²) >= 11 is 3.17. The van der Waals surface area contributed by atoms with Gasteiger partial charge in [0.05, 0.1) is 11.4 Å². The van der Waals surface area contributed by atoms with Crippen molar-refractivity contribution in [3.8, 4) is 0 Å². The van der Waals surface area contributed by atoms with Crippen LogP contribution >= 0.6 is 15.9 Å². The van der Waals surface area contributed by atoms with Crippen molar-refractivity contribution in [1.82, 2.24) is 0 Å². The zero-order valence-corrected chi connectivity index (χ0v) is 13.0. The predicted octanol–water partition coefficient (Wildman–Crippen LogP) is 1.08. The first kappa shape index (κ1) is 15.3. The van der Waals surface area contributed by atoms with Crippen LogP contribution in [0.1, 0.15) is 5.56 Å². The van der Waals surface area contributed by atoms with Crippen LogP contribution in [-0.2, 0) is 19.9 Å². The Hall–Kier alpha value is -0.800. The molecule has 3 N–H and O–H groups in total. The van der Waals surface area contributed by atoms with Crippen LogP contribution in [0.15, 0.2) is 16.6 Å². The molecule has 0 aliphatic rings. The number of sulfone groups is 1. The van der Waals surface area contributed by atoms with Gasteiger partial charge in [-0.3, -0.25) is 4.72 Å². The number of benzene rings is 1. The maximum Gasteiger partial charge on any atom is 0.247 e. The molecule has 1 rings (SSSR count). The van der Waals surface area contributed by atoms with Crippen molar-refractivity contribution in [1.29, 1.82) is 0 Å². The average molecular weight is 357 g/mol. The molecule has 0 aromatic heterocycles. The Balaban J connectivity index is 3.13. The molecular formula is C9H13BrN2O4S2. The van der Waals surface area contributed by atoms with E-state index in [-0.39, 0.29) is 11.4 Å². The molecule has 0 saturated carbocycles. The van der Waals surface area contributed by atoms with E-state index in [4.69, 9.17) is 5.73 Å². The van der Waals surface area contributed by atoms with E-state index in [1.54, 1.807) is 19.1 Å². The highest BCUT2D eigenvalue weighted by molar-refractivity contribution is 9.10. The molecule has 9 heteroatoms. The summed E-state index contributed by atoms with van der Waals surface area (Å²) in [6, 6.07) is 3.26. The molecule has 18 heavy (non-hydrogen) atoms. The van der Waals surface area contributed by atoms with Gasteiger partial charge in [0.2, 0.25) is 10.0 Å². The molecule has 1 aromatic carbocycles. The van der Waals surface area contributed by atoms with Crippen LogP contribution in [0.4, 0.5) is 11.4 Å². The normalized spacial score (nSPS) is 12.4. The van der Waals surface area contributed by atoms with Gasteiger partial charge in [-0.15, -0.1) is 0 Å². The Kier molecular flexibility index (Phi) is 4.29. The molecule has 0 heterocycles. The standard InChI is InChI=1S/C9H13BrN2O4S2/c1-6-3-7(10)9(8(11)4-6)12-18(15,16)5-17(2,13)14/h3-4,12H,5,11H2,1-2H3. The fourth-order valence-electron chi connectivity index (χ4n) is 1.34. The quantitative estimate of drug-likeness (QED) is 0.785. The van der Waals surface area contributed by atoms with Crippen LogP contribution in [0.5, 0.6) is 0 Å². The maximum atomic E-state index is 11.6. The van der Waals surface area contributed by atoms with Crippen LogP contribution in [0.2, 0.25) is 0 Å². The minimum atomic E-state index is -4.00. The minimum Gasteiger partial charge on any atom is -0.397 e. The van der Waals surface area contributed by atoms with Crippen molar-refractivity contribution in [3.05, 3.63) is 22.2 Å². The Bertz CT molecular complexity index is 645. The number of nitrogens with one attached hydrogen (secondary N) is 1. The first-order chi connectivity index (χ1) is 8.00. The summed E-state index contributed by atoms with van der Waals surface area (Å²) < 4.78 is 47.9. The molecule has 0 saturated heterocycles. The number of hydrogen-bond donors (Lipinski definition) is 2. The summed E-state index contributed by atoms with van der Waals surface area (Å²) in [7, 11) is -7.64. The zero-order chi connectivity index (χ0) is 14.1. The molecule has 0 unspecified atom stereocenters. The second kappa shape index (κ2) is 5.06. The molecule has 0 aliphatic heterocycles. The van der Waals surface area contributed by atoms with Crippen LogP contribution in [0.3, 0.4) is 0 Å². The van der Waals surface area contributed by atoms with E-state index in [0.717, 1.165) is 11.8 Å². The highest BCUT2D eigenvalue weighted by Crippen LogP contribution is 2.31. The maximum absolute atomic E-state index is 11.6. The molecule has 0 spiro atoms. The molecular weight excluding hydrogens is 344 g/mol. The first-order valence-corrected chi connectivity index (χ1v) is 9.24. The fourth-order valence-corrected chi connectivity index (χ4v) is 5.19. The van der Waals surface area contributed by atoms with Crippen molar-refractivity contribution >= 4 is 47.2 Å². The fraction of sp³-hybridized carbons (Fsp3) is 0.333.